The van der Waals surface area contributed by atoms with Crippen molar-refractivity contribution in [1.29, 1.82) is 0 Å². The fourth-order valence-corrected chi connectivity index (χ4v) is 3.17. The van der Waals surface area contributed by atoms with Crippen LogP contribution >= 0.6 is 24.0 Å². The summed E-state index contributed by atoms with van der Waals surface area (Å²) in [5, 5.41) is 3.64. The molecule has 0 spiro atoms. The van der Waals surface area contributed by atoms with Crippen LogP contribution in [-0.2, 0) is 0 Å². The molecule has 0 amide bonds. The summed E-state index contributed by atoms with van der Waals surface area (Å²) in [6.45, 7) is 9.70. The maximum atomic E-state index is 4.71. The number of aromatic nitrogens is 2. The molecule has 0 bridgehead atoms. The number of aliphatic imine (C=N–C) groups is 1. The number of likely N-dealkylation sites (tertiary alicyclic amines) is 1. The van der Waals surface area contributed by atoms with Crippen LogP contribution in [0.1, 0.15) is 39.7 Å². The summed E-state index contributed by atoms with van der Waals surface area (Å²) >= 11 is 0. The lowest BCUT2D eigenvalue weighted by atomic mass is 9.93. The van der Waals surface area contributed by atoms with E-state index in [0.717, 1.165) is 31.5 Å². The first-order valence-corrected chi connectivity index (χ1v) is 8.22. The molecule has 124 valence electrons. The van der Waals surface area contributed by atoms with Crippen LogP contribution in [0.25, 0.3) is 0 Å². The molecule has 0 aromatic carbocycles. The number of imidazole rings is 1. The Morgan fingerprint density at radius 3 is 2.73 bits per heavy atom. The van der Waals surface area contributed by atoms with Crippen LogP contribution in [-0.4, -0.2) is 46.1 Å². The van der Waals surface area contributed by atoms with Gasteiger partial charge in [-0.05, 0) is 31.6 Å². The van der Waals surface area contributed by atoms with Crippen LogP contribution in [0.15, 0.2) is 23.7 Å². The van der Waals surface area contributed by atoms with E-state index < -0.39 is 0 Å². The second-order valence-electron chi connectivity index (χ2n) is 6.55. The zero-order valence-corrected chi connectivity index (χ0v) is 16.1. The van der Waals surface area contributed by atoms with Gasteiger partial charge in [-0.1, -0.05) is 13.8 Å². The molecule has 2 heterocycles. The van der Waals surface area contributed by atoms with Gasteiger partial charge in [0.2, 0.25) is 0 Å². The van der Waals surface area contributed by atoms with Crippen molar-refractivity contribution in [3.63, 3.8) is 0 Å². The number of hydrogen-bond acceptors (Lipinski definition) is 2. The third-order valence-electron chi connectivity index (χ3n) is 4.86. The zero-order valence-electron chi connectivity index (χ0n) is 13.8. The van der Waals surface area contributed by atoms with Gasteiger partial charge in [-0.3, -0.25) is 4.99 Å². The highest BCUT2D eigenvalue weighted by Gasteiger charge is 2.36. The van der Waals surface area contributed by atoms with Gasteiger partial charge in [-0.15, -0.1) is 24.0 Å². The molecule has 1 saturated heterocycles. The fraction of sp³-hybridized carbons (Fsp3) is 0.750. The minimum Gasteiger partial charge on any atom is -0.353 e. The first-order chi connectivity index (χ1) is 10.2. The number of nitrogens with one attached hydrogen (secondary N) is 1. The summed E-state index contributed by atoms with van der Waals surface area (Å²) in [5.41, 5.74) is 0. The van der Waals surface area contributed by atoms with Gasteiger partial charge in [0.1, 0.15) is 0 Å². The third kappa shape index (κ3) is 3.94. The monoisotopic (exact) mass is 417 g/mol. The van der Waals surface area contributed by atoms with Crippen LogP contribution in [0.3, 0.4) is 0 Å². The van der Waals surface area contributed by atoms with Gasteiger partial charge in [0.15, 0.2) is 5.96 Å². The Labute approximate surface area is 150 Å². The molecule has 6 heteroatoms. The van der Waals surface area contributed by atoms with Crippen molar-refractivity contribution in [3.8, 4) is 0 Å². The van der Waals surface area contributed by atoms with Crippen LogP contribution in [0.2, 0.25) is 0 Å². The van der Waals surface area contributed by atoms with Gasteiger partial charge >= 0.3 is 0 Å². The van der Waals surface area contributed by atoms with Crippen molar-refractivity contribution in [2.75, 3.05) is 19.6 Å². The molecule has 1 saturated carbocycles. The molecular weight excluding hydrogens is 389 g/mol. The van der Waals surface area contributed by atoms with E-state index in [4.69, 9.17) is 4.99 Å². The largest absolute Gasteiger partial charge is 0.353 e. The van der Waals surface area contributed by atoms with Gasteiger partial charge in [0.05, 0.1) is 12.4 Å². The molecule has 2 fully saturated rings. The summed E-state index contributed by atoms with van der Waals surface area (Å²) in [6.07, 6.45) is 8.37. The summed E-state index contributed by atoms with van der Waals surface area (Å²) in [4.78, 5) is 11.3. The zero-order chi connectivity index (χ0) is 14.8. The lowest BCUT2D eigenvalue weighted by Gasteiger charge is -2.39. The normalized spacial score (nSPS) is 31.6. The van der Waals surface area contributed by atoms with E-state index in [2.05, 4.69) is 46.7 Å². The topological polar surface area (TPSA) is 45.5 Å². The standard InChI is InChI=1S/C16H27N5.HI/c1-4-18-16(19-14-9-13(14)3)20-7-5-12(2)15(10-20)21-8-6-17-11-21;/h6,8,11-15H,4-5,7,9-10H2,1-3H3,(H,18,19);1H. The number of halogens is 1. The highest BCUT2D eigenvalue weighted by Crippen LogP contribution is 2.31. The Morgan fingerprint density at radius 2 is 2.14 bits per heavy atom. The molecule has 1 aliphatic carbocycles. The Hall–Kier alpha value is -0.790. The molecule has 1 aliphatic heterocycles. The van der Waals surface area contributed by atoms with Crippen LogP contribution in [0.4, 0.5) is 0 Å². The summed E-state index contributed by atoms with van der Waals surface area (Å²) in [5.74, 6) is 2.57. The van der Waals surface area contributed by atoms with Gasteiger partial charge in [0.25, 0.3) is 0 Å². The molecule has 4 unspecified atom stereocenters. The van der Waals surface area contributed by atoms with Crippen molar-refractivity contribution < 1.29 is 0 Å². The minimum absolute atomic E-state index is 0. The predicted octanol–water partition coefficient (Wildman–Crippen LogP) is 2.76. The van der Waals surface area contributed by atoms with E-state index in [9.17, 15) is 0 Å². The van der Waals surface area contributed by atoms with Crippen LogP contribution in [0.5, 0.6) is 0 Å². The van der Waals surface area contributed by atoms with Gasteiger partial charge in [0, 0.05) is 38.1 Å². The molecule has 3 rings (SSSR count). The van der Waals surface area contributed by atoms with E-state index in [1.807, 2.05) is 12.5 Å². The van der Waals surface area contributed by atoms with E-state index >= 15 is 0 Å². The maximum Gasteiger partial charge on any atom is 0.194 e. The quantitative estimate of drug-likeness (QED) is 0.468. The Morgan fingerprint density at radius 1 is 1.36 bits per heavy atom. The predicted molar refractivity (Wildman–Crippen MR) is 101 cm³/mol. The third-order valence-corrected chi connectivity index (χ3v) is 4.86. The average molecular weight is 417 g/mol. The molecule has 22 heavy (non-hydrogen) atoms. The summed E-state index contributed by atoms with van der Waals surface area (Å²) < 4.78 is 2.25. The van der Waals surface area contributed by atoms with Crippen molar-refractivity contribution in [2.45, 2.75) is 45.7 Å². The van der Waals surface area contributed by atoms with Gasteiger partial charge in [-0.25, -0.2) is 4.98 Å². The SMILES string of the molecule is CCN=C(NC1CC1C)N1CCC(C)C(n2ccnc2)C1.I. The molecule has 5 nitrogen and oxygen atoms in total. The first-order valence-electron chi connectivity index (χ1n) is 8.22. The number of hydrogen-bond donors (Lipinski definition) is 1. The fourth-order valence-electron chi connectivity index (χ4n) is 3.17. The number of guanidine groups is 1. The minimum atomic E-state index is 0. The first kappa shape index (κ1) is 17.6. The Kier molecular flexibility index (Phi) is 6.11. The van der Waals surface area contributed by atoms with E-state index in [0.29, 0.717) is 18.0 Å². The molecule has 1 aromatic rings. The molecule has 1 N–H and O–H groups in total. The molecule has 2 aliphatic rings. The van der Waals surface area contributed by atoms with Crippen LogP contribution in [0, 0.1) is 11.8 Å². The van der Waals surface area contributed by atoms with Crippen molar-refractivity contribution in [1.82, 2.24) is 19.8 Å². The Bertz CT molecular complexity index is 487. The van der Waals surface area contributed by atoms with Crippen LogP contribution < -0.4 is 5.32 Å². The summed E-state index contributed by atoms with van der Waals surface area (Å²) in [7, 11) is 0. The molecule has 0 radical (unpaired) electrons. The number of rotatable bonds is 3. The van der Waals surface area contributed by atoms with Gasteiger partial charge in [-0.2, -0.15) is 0 Å². The van der Waals surface area contributed by atoms with E-state index in [-0.39, 0.29) is 24.0 Å². The average Bonchev–Trinajstić information content (AvgIpc) is 2.94. The lowest BCUT2D eigenvalue weighted by Crippen LogP contribution is -2.49. The maximum absolute atomic E-state index is 4.71. The van der Waals surface area contributed by atoms with Crippen molar-refractivity contribution in [3.05, 3.63) is 18.7 Å². The molecule has 4 atom stereocenters. The number of nitrogens with zero attached hydrogens (tertiary/aromatic N) is 4. The smallest absolute Gasteiger partial charge is 0.194 e. The van der Waals surface area contributed by atoms with E-state index in [1.165, 1.54) is 12.8 Å². The van der Waals surface area contributed by atoms with Crippen molar-refractivity contribution >= 4 is 29.9 Å². The second kappa shape index (κ2) is 7.66. The highest BCUT2D eigenvalue weighted by atomic mass is 127. The van der Waals surface area contributed by atoms with Gasteiger partial charge < -0.3 is 14.8 Å². The summed E-state index contributed by atoms with van der Waals surface area (Å²) in [6, 6.07) is 1.11. The molecular formula is C16H28IN5. The lowest BCUT2D eigenvalue weighted by molar-refractivity contribution is 0.188. The second-order valence-corrected chi connectivity index (χ2v) is 6.55. The Balaban J connectivity index is 0.00000176. The number of piperidine rings is 1. The van der Waals surface area contributed by atoms with E-state index in [1.54, 1.807) is 0 Å². The highest BCUT2D eigenvalue weighted by molar-refractivity contribution is 14.0. The van der Waals surface area contributed by atoms with Crippen molar-refractivity contribution in [2.24, 2.45) is 16.8 Å². The molecule has 1 aromatic heterocycles.